The fourth-order valence-electron chi connectivity index (χ4n) is 0.467. The number of rotatable bonds is 2. The van der Waals surface area contributed by atoms with Crippen molar-refractivity contribution in [1.82, 2.24) is 9.97 Å². The monoisotopic (exact) mass is 144 g/mol. The maximum absolute atomic E-state index is 7.58. The van der Waals surface area contributed by atoms with Crippen LogP contribution < -0.4 is 5.73 Å². The van der Waals surface area contributed by atoms with E-state index in [2.05, 4.69) is 9.97 Å². The van der Waals surface area contributed by atoms with E-state index >= 15 is 0 Å². The molecule has 0 radical (unpaired) electrons. The zero-order valence-corrected chi connectivity index (χ0v) is 5.13. The number of aryl methyl sites for hydroxylation is 1. The van der Waals surface area contributed by atoms with Gasteiger partial charge in [0.2, 0.25) is 0 Å². The molecule has 0 atom stereocenters. The number of hydrogen-bond acceptors (Lipinski definition) is 3. The molecule has 3 nitrogen and oxygen atoms in total. The minimum absolute atomic E-state index is 0.0407. The normalized spacial score (nSPS) is 24.2. The Morgan fingerprint density at radius 1 is 1.70 bits per heavy atom. The Kier molecular flexibility index (Phi) is 0.689. The van der Waals surface area contributed by atoms with Crippen LogP contribution in [0.4, 0.5) is 5.82 Å². The summed E-state index contributed by atoms with van der Waals surface area (Å²) in [6.45, 7) is -3.11. The van der Waals surface area contributed by atoms with Gasteiger partial charge in [0.05, 0.1) is 18.1 Å². The average Bonchev–Trinajstić information content (AvgIpc) is 2.16. The first-order valence-electron chi connectivity index (χ1n) is 6.08. The second-order valence-electron chi connectivity index (χ2n) is 1.58. The lowest BCUT2D eigenvalue weighted by Crippen LogP contribution is -1.94. The molecule has 0 aromatic carbocycles. The summed E-state index contributed by atoms with van der Waals surface area (Å²) >= 11 is 0. The van der Waals surface area contributed by atoms with Crippen molar-refractivity contribution < 1.29 is 9.60 Å². The van der Waals surface area contributed by atoms with Gasteiger partial charge in [-0.3, -0.25) is 4.98 Å². The van der Waals surface area contributed by atoms with Crippen LogP contribution in [0.1, 0.15) is 28.5 Å². The van der Waals surface area contributed by atoms with E-state index in [1.165, 1.54) is 0 Å². The molecule has 1 aromatic heterocycles. The highest BCUT2D eigenvalue weighted by Crippen LogP contribution is 1.98. The predicted molar refractivity (Wildman–Crippen MR) is 40.4 cm³/mol. The van der Waals surface area contributed by atoms with Crippen LogP contribution in [0.3, 0.4) is 0 Å². The number of nitrogens with zero attached hydrogens (tertiary/aromatic N) is 2. The van der Waals surface area contributed by atoms with Gasteiger partial charge in [0.25, 0.3) is 0 Å². The minimum atomic E-state index is -3.11. The molecular weight excluding hydrogens is 126 g/mol. The van der Waals surface area contributed by atoms with E-state index in [9.17, 15) is 0 Å². The van der Waals surface area contributed by atoms with Crippen molar-refractivity contribution in [3.8, 4) is 0 Å². The summed E-state index contributed by atoms with van der Waals surface area (Å²) in [6.07, 6.45) is -3.90. The second-order valence-corrected chi connectivity index (χ2v) is 1.58. The molecule has 10 heavy (non-hydrogen) atoms. The van der Waals surface area contributed by atoms with Crippen molar-refractivity contribution in [1.29, 1.82) is 0 Å². The molecule has 1 heterocycles. The topological polar surface area (TPSA) is 51.8 Å². The van der Waals surface area contributed by atoms with Crippen LogP contribution in [0.5, 0.6) is 0 Å². The number of aromatic nitrogens is 2. The van der Waals surface area contributed by atoms with Gasteiger partial charge in [0, 0.05) is 9.60 Å². The Bertz CT molecular complexity index is 397. The summed E-state index contributed by atoms with van der Waals surface area (Å²) in [5, 5.41) is 0. The first kappa shape index (κ1) is 2.19. The summed E-state index contributed by atoms with van der Waals surface area (Å²) in [6, 6.07) is 0. The zero-order valence-electron chi connectivity index (χ0n) is 12.1. The summed E-state index contributed by atoms with van der Waals surface area (Å²) < 4.78 is 51.1. The highest BCUT2D eigenvalue weighted by Gasteiger charge is 1.91. The third-order valence-electron chi connectivity index (χ3n) is 0.862. The predicted octanol–water partition coefficient (Wildman–Crippen LogP) is 1.01. The van der Waals surface area contributed by atoms with Gasteiger partial charge in [-0.15, -0.1) is 0 Å². The molecule has 1 aromatic rings. The summed E-state index contributed by atoms with van der Waals surface area (Å²) in [5.41, 5.74) is 4.85. The van der Waals surface area contributed by atoms with Crippen molar-refractivity contribution in [3.05, 3.63) is 18.1 Å². The summed E-state index contributed by atoms with van der Waals surface area (Å²) in [5.74, 6) is 0.0407. The number of nitrogens with two attached hydrogens (primary N) is 1. The molecule has 1 rings (SSSR count). The Morgan fingerprint density at radius 2 is 2.60 bits per heavy atom. The van der Waals surface area contributed by atoms with Crippen LogP contribution in [0, 0.1) is 0 Å². The Balaban J connectivity index is 3.23. The molecule has 3 heteroatoms. The third kappa shape index (κ3) is 1.69. The second kappa shape index (κ2) is 3.15. The summed E-state index contributed by atoms with van der Waals surface area (Å²) in [4.78, 5) is 7.14. The number of nitrogen functional groups attached to an aromatic ring is 1. The highest BCUT2D eigenvalue weighted by atomic mass is 14.9. The van der Waals surface area contributed by atoms with E-state index < -0.39 is 25.3 Å². The summed E-state index contributed by atoms with van der Waals surface area (Å²) in [7, 11) is 0. The third-order valence-corrected chi connectivity index (χ3v) is 0.862. The maximum atomic E-state index is 7.58. The van der Waals surface area contributed by atoms with Gasteiger partial charge in [-0.1, -0.05) is 13.2 Å². The number of hydrogen-bond donors (Lipinski definition) is 1. The lowest BCUT2D eigenvalue weighted by molar-refractivity contribution is 0.872. The molecule has 0 bridgehead atoms. The van der Waals surface area contributed by atoms with Crippen molar-refractivity contribution in [3.63, 3.8) is 0 Å². The van der Waals surface area contributed by atoms with Crippen LogP contribution >= 0.6 is 0 Å². The molecule has 0 aliphatic heterocycles. The molecule has 0 aliphatic rings. The Morgan fingerprint density at radius 3 is 3.20 bits per heavy atom. The average molecular weight is 144 g/mol. The largest absolute Gasteiger partial charge is 0.382 e. The van der Waals surface area contributed by atoms with E-state index in [0.717, 1.165) is 12.4 Å². The van der Waals surface area contributed by atoms with Crippen LogP contribution in [0.25, 0.3) is 0 Å². The molecule has 0 spiro atoms. The quantitative estimate of drug-likeness (QED) is 0.674. The highest BCUT2D eigenvalue weighted by molar-refractivity contribution is 5.22. The van der Waals surface area contributed by atoms with Crippen molar-refractivity contribution in [2.75, 3.05) is 5.73 Å². The molecule has 0 aliphatic carbocycles. The molecule has 2 N–H and O–H groups in total. The van der Waals surface area contributed by atoms with Gasteiger partial charge >= 0.3 is 0 Å². The lowest BCUT2D eigenvalue weighted by atomic mass is 10.3. The van der Waals surface area contributed by atoms with Crippen molar-refractivity contribution >= 4 is 5.82 Å². The van der Waals surface area contributed by atoms with Gasteiger partial charge in [-0.2, -0.15) is 0 Å². The lowest BCUT2D eigenvalue weighted by Gasteiger charge is -1.95. The van der Waals surface area contributed by atoms with Crippen molar-refractivity contribution in [2.24, 2.45) is 0 Å². The van der Waals surface area contributed by atoms with Gasteiger partial charge in [0.1, 0.15) is 5.82 Å². The van der Waals surface area contributed by atoms with Crippen LogP contribution in [-0.2, 0) is 6.37 Å². The van der Waals surface area contributed by atoms with Gasteiger partial charge in [-0.25, -0.2) is 4.98 Å². The molecule has 0 saturated heterocycles. The molecule has 0 fully saturated rings. The number of anilines is 1. The van der Waals surface area contributed by atoms with Crippen LogP contribution in [0.2, 0.25) is 0 Å². The first-order valence-corrected chi connectivity index (χ1v) is 2.58. The first-order chi connectivity index (χ1) is 7.50. The van der Waals surface area contributed by atoms with Gasteiger partial charge in [0.15, 0.2) is 0 Å². The fourth-order valence-corrected chi connectivity index (χ4v) is 0.467. The molecule has 54 valence electrons. The van der Waals surface area contributed by atoms with E-state index in [-0.39, 0.29) is 5.82 Å². The van der Waals surface area contributed by atoms with Gasteiger partial charge in [-0.05, 0) is 6.37 Å². The zero-order chi connectivity index (χ0) is 13.5. The van der Waals surface area contributed by atoms with E-state index in [1.807, 2.05) is 0 Å². The molecule has 0 unspecified atom stereocenters. The van der Waals surface area contributed by atoms with E-state index in [0.29, 0.717) is 0 Å². The SMILES string of the molecule is [2H]C([2H])([2H])C([2H])([2H])C([2H])([2H])c1cnc(N)cn1. The Hall–Kier alpha value is -1.12. The standard InChI is InChI=1S/C7H11N3/c1-2-3-6-4-10-7(8)5-9-6/h4-5H,2-3H2,1H3,(H2,8,10)/i1D3,2D2,3D2. The van der Waals surface area contributed by atoms with Crippen molar-refractivity contribution in [2.45, 2.75) is 19.6 Å². The van der Waals surface area contributed by atoms with Gasteiger partial charge < -0.3 is 5.73 Å². The van der Waals surface area contributed by atoms with Crippen LogP contribution in [0.15, 0.2) is 12.4 Å². The molecule has 0 saturated carbocycles. The fraction of sp³-hybridized carbons (Fsp3) is 0.429. The van der Waals surface area contributed by atoms with E-state index in [4.69, 9.17) is 15.3 Å². The van der Waals surface area contributed by atoms with Crippen LogP contribution in [-0.4, -0.2) is 9.97 Å². The minimum Gasteiger partial charge on any atom is -0.382 e. The molecular formula is C7H11N3. The van der Waals surface area contributed by atoms with E-state index in [1.54, 1.807) is 0 Å². The Labute approximate surface area is 70.1 Å². The molecule has 0 amide bonds. The smallest absolute Gasteiger partial charge is 0.141 e. The maximum Gasteiger partial charge on any atom is 0.141 e.